The predicted octanol–water partition coefficient (Wildman–Crippen LogP) is 1.51. The van der Waals surface area contributed by atoms with Crippen LogP contribution in [0.4, 0.5) is 4.39 Å². The second kappa shape index (κ2) is 4.53. The van der Waals surface area contributed by atoms with Crippen LogP contribution in [-0.4, -0.2) is 25.6 Å². The standard InChI is InChI=1S/C11H14FNO/c12-11-8-14-10(7-13-11)6-9-4-2-1-3-5-9/h1-5,10-11,13H,6-8H2. The summed E-state index contributed by atoms with van der Waals surface area (Å²) in [6, 6.07) is 10.1. The van der Waals surface area contributed by atoms with E-state index in [1.807, 2.05) is 18.2 Å². The fraction of sp³-hybridized carbons (Fsp3) is 0.455. The van der Waals surface area contributed by atoms with Crippen LogP contribution in [0.2, 0.25) is 0 Å². The van der Waals surface area contributed by atoms with Crippen molar-refractivity contribution in [2.24, 2.45) is 0 Å². The Hall–Kier alpha value is -0.930. The lowest BCUT2D eigenvalue weighted by Gasteiger charge is -2.26. The van der Waals surface area contributed by atoms with Crippen LogP contribution < -0.4 is 5.32 Å². The van der Waals surface area contributed by atoms with E-state index >= 15 is 0 Å². The van der Waals surface area contributed by atoms with Gasteiger partial charge in [0.05, 0.1) is 12.7 Å². The molecule has 76 valence electrons. The maximum atomic E-state index is 12.7. The van der Waals surface area contributed by atoms with Crippen molar-refractivity contribution in [2.45, 2.75) is 18.8 Å². The van der Waals surface area contributed by atoms with Gasteiger partial charge in [-0.1, -0.05) is 30.3 Å². The molecule has 1 N–H and O–H groups in total. The van der Waals surface area contributed by atoms with Crippen LogP contribution in [0, 0.1) is 0 Å². The topological polar surface area (TPSA) is 21.3 Å². The first-order chi connectivity index (χ1) is 6.84. The van der Waals surface area contributed by atoms with Crippen LogP contribution in [0.5, 0.6) is 0 Å². The van der Waals surface area contributed by atoms with Crippen molar-refractivity contribution in [1.82, 2.24) is 5.32 Å². The first kappa shape index (κ1) is 9.62. The first-order valence-electron chi connectivity index (χ1n) is 4.87. The molecule has 0 amide bonds. The summed E-state index contributed by atoms with van der Waals surface area (Å²) in [5, 5.41) is 2.76. The van der Waals surface area contributed by atoms with E-state index in [2.05, 4.69) is 17.4 Å². The van der Waals surface area contributed by atoms with Gasteiger partial charge >= 0.3 is 0 Å². The molecule has 1 fully saturated rings. The van der Waals surface area contributed by atoms with Gasteiger partial charge in [-0.05, 0) is 12.0 Å². The molecular weight excluding hydrogens is 181 g/mol. The minimum atomic E-state index is -0.998. The van der Waals surface area contributed by atoms with E-state index in [1.54, 1.807) is 0 Å². The summed E-state index contributed by atoms with van der Waals surface area (Å²) in [4.78, 5) is 0. The molecule has 1 heterocycles. The molecule has 2 rings (SSSR count). The Balaban J connectivity index is 1.87. The molecule has 0 bridgehead atoms. The van der Waals surface area contributed by atoms with Gasteiger partial charge in [0.15, 0.2) is 6.30 Å². The molecule has 0 aromatic heterocycles. The molecule has 1 aromatic rings. The van der Waals surface area contributed by atoms with Crippen molar-refractivity contribution in [2.75, 3.05) is 13.2 Å². The molecule has 0 aliphatic carbocycles. The highest BCUT2D eigenvalue weighted by Crippen LogP contribution is 2.09. The Morgan fingerprint density at radius 1 is 1.36 bits per heavy atom. The number of morpholine rings is 1. The number of alkyl halides is 1. The zero-order chi connectivity index (χ0) is 9.80. The number of rotatable bonds is 2. The van der Waals surface area contributed by atoms with Gasteiger partial charge in [-0.2, -0.15) is 0 Å². The molecule has 1 aliphatic rings. The average Bonchev–Trinajstić information content (AvgIpc) is 2.23. The number of ether oxygens (including phenoxy) is 1. The zero-order valence-corrected chi connectivity index (χ0v) is 7.95. The highest BCUT2D eigenvalue weighted by molar-refractivity contribution is 5.15. The van der Waals surface area contributed by atoms with E-state index in [0.717, 1.165) is 6.42 Å². The summed E-state index contributed by atoms with van der Waals surface area (Å²) in [6.07, 6.45) is -0.0491. The Morgan fingerprint density at radius 3 is 2.79 bits per heavy atom. The van der Waals surface area contributed by atoms with Crippen LogP contribution in [0.15, 0.2) is 30.3 Å². The lowest BCUT2D eigenvalue weighted by Crippen LogP contribution is -2.44. The van der Waals surface area contributed by atoms with Crippen molar-refractivity contribution >= 4 is 0 Å². The maximum Gasteiger partial charge on any atom is 0.174 e. The maximum absolute atomic E-state index is 12.7. The van der Waals surface area contributed by atoms with Crippen molar-refractivity contribution in [3.8, 4) is 0 Å². The van der Waals surface area contributed by atoms with Crippen molar-refractivity contribution < 1.29 is 9.13 Å². The number of halogens is 1. The molecule has 1 saturated heterocycles. The number of nitrogens with one attached hydrogen (secondary N) is 1. The third-order valence-electron chi connectivity index (χ3n) is 2.35. The molecule has 14 heavy (non-hydrogen) atoms. The van der Waals surface area contributed by atoms with Crippen molar-refractivity contribution in [1.29, 1.82) is 0 Å². The highest BCUT2D eigenvalue weighted by atomic mass is 19.1. The van der Waals surface area contributed by atoms with Gasteiger partial charge in [0.1, 0.15) is 0 Å². The monoisotopic (exact) mass is 195 g/mol. The molecule has 2 unspecified atom stereocenters. The Labute approximate surface area is 83.1 Å². The van der Waals surface area contributed by atoms with Gasteiger partial charge in [0, 0.05) is 6.54 Å². The second-order valence-corrected chi connectivity index (χ2v) is 3.52. The Bertz CT molecular complexity index is 270. The van der Waals surface area contributed by atoms with E-state index in [9.17, 15) is 4.39 Å². The van der Waals surface area contributed by atoms with Crippen LogP contribution in [0.25, 0.3) is 0 Å². The van der Waals surface area contributed by atoms with E-state index in [4.69, 9.17) is 4.74 Å². The minimum absolute atomic E-state index is 0.101. The van der Waals surface area contributed by atoms with Crippen LogP contribution in [-0.2, 0) is 11.2 Å². The molecule has 2 atom stereocenters. The average molecular weight is 195 g/mol. The lowest BCUT2D eigenvalue weighted by molar-refractivity contribution is -0.0294. The SMILES string of the molecule is FC1COC(Cc2ccccc2)CN1. The van der Waals surface area contributed by atoms with E-state index in [0.29, 0.717) is 6.54 Å². The van der Waals surface area contributed by atoms with E-state index < -0.39 is 6.30 Å². The summed E-state index contributed by atoms with van der Waals surface area (Å²) in [7, 11) is 0. The van der Waals surface area contributed by atoms with Crippen LogP contribution in [0.3, 0.4) is 0 Å². The number of hydrogen-bond acceptors (Lipinski definition) is 2. The van der Waals surface area contributed by atoms with Gasteiger partial charge < -0.3 is 4.74 Å². The summed E-state index contributed by atoms with van der Waals surface area (Å²) < 4.78 is 18.0. The normalized spacial score (nSPS) is 27.5. The van der Waals surface area contributed by atoms with Gasteiger partial charge in [-0.15, -0.1) is 0 Å². The van der Waals surface area contributed by atoms with Gasteiger partial charge in [-0.25, -0.2) is 4.39 Å². The second-order valence-electron chi connectivity index (χ2n) is 3.52. The highest BCUT2D eigenvalue weighted by Gasteiger charge is 2.19. The summed E-state index contributed by atoms with van der Waals surface area (Å²) >= 11 is 0. The van der Waals surface area contributed by atoms with E-state index in [-0.39, 0.29) is 12.7 Å². The fourth-order valence-electron chi connectivity index (χ4n) is 1.61. The molecule has 2 nitrogen and oxygen atoms in total. The third kappa shape index (κ3) is 2.53. The third-order valence-corrected chi connectivity index (χ3v) is 2.35. The smallest absolute Gasteiger partial charge is 0.174 e. The summed E-state index contributed by atoms with van der Waals surface area (Å²) in [6.45, 7) is 0.758. The largest absolute Gasteiger partial charge is 0.372 e. The molecular formula is C11H14FNO. The van der Waals surface area contributed by atoms with Crippen LogP contribution in [0.1, 0.15) is 5.56 Å². The van der Waals surface area contributed by atoms with Crippen molar-refractivity contribution in [3.05, 3.63) is 35.9 Å². The van der Waals surface area contributed by atoms with E-state index in [1.165, 1.54) is 5.56 Å². The van der Waals surface area contributed by atoms with Gasteiger partial charge in [0.25, 0.3) is 0 Å². The predicted molar refractivity (Wildman–Crippen MR) is 52.8 cm³/mol. The van der Waals surface area contributed by atoms with Gasteiger partial charge in [0.2, 0.25) is 0 Å². The molecule has 1 aromatic carbocycles. The summed E-state index contributed by atoms with van der Waals surface area (Å²) in [5.41, 5.74) is 1.23. The zero-order valence-electron chi connectivity index (χ0n) is 7.95. The summed E-state index contributed by atoms with van der Waals surface area (Å²) in [5.74, 6) is 0. The molecule has 3 heteroatoms. The molecule has 0 saturated carbocycles. The van der Waals surface area contributed by atoms with Gasteiger partial charge in [-0.3, -0.25) is 5.32 Å². The Morgan fingerprint density at radius 2 is 2.14 bits per heavy atom. The number of hydrogen-bond donors (Lipinski definition) is 1. The van der Waals surface area contributed by atoms with Crippen LogP contribution >= 0.6 is 0 Å². The quantitative estimate of drug-likeness (QED) is 0.722. The molecule has 1 aliphatic heterocycles. The molecule has 0 spiro atoms. The van der Waals surface area contributed by atoms with Crippen molar-refractivity contribution in [3.63, 3.8) is 0 Å². The number of benzene rings is 1. The Kier molecular flexibility index (Phi) is 3.11. The minimum Gasteiger partial charge on any atom is -0.372 e. The fourth-order valence-corrected chi connectivity index (χ4v) is 1.61. The molecule has 0 radical (unpaired) electrons. The first-order valence-corrected chi connectivity index (χ1v) is 4.87. The lowest BCUT2D eigenvalue weighted by atomic mass is 10.1.